The predicted octanol–water partition coefficient (Wildman–Crippen LogP) is 4.78. The highest BCUT2D eigenvalue weighted by Gasteiger charge is 2.30. The maximum Gasteiger partial charge on any atom is 0.254 e. The number of rotatable bonds is 10. The summed E-state index contributed by atoms with van der Waals surface area (Å²) in [6, 6.07) is 0. The summed E-state index contributed by atoms with van der Waals surface area (Å²) in [6.07, 6.45) is 0. The lowest BCUT2D eigenvalue weighted by molar-refractivity contribution is -0.116. The third-order valence-corrected chi connectivity index (χ3v) is 10.9. The van der Waals surface area contributed by atoms with Crippen molar-refractivity contribution in [2.75, 3.05) is 43.3 Å². The molecule has 0 aliphatic rings. The topological polar surface area (TPSA) is 154 Å². The van der Waals surface area contributed by atoms with E-state index in [1.165, 1.54) is 25.9 Å². The van der Waals surface area contributed by atoms with Crippen molar-refractivity contribution in [2.24, 2.45) is 0 Å². The monoisotopic (exact) mass is 1080 g/mol. The molecular formula is C26H25Cl2I4N5O6. The van der Waals surface area contributed by atoms with Crippen LogP contribution < -0.4 is 26.2 Å². The Morgan fingerprint density at radius 3 is 1.81 bits per heavy atom. The lowest BCUT2D eigenvalue weighted by Gasteiger charge is -2.25. The van der Waals surface area contributed by atoms with Crippen molar-refractivity contribution in [1.82, 2.24) is 16.0 Å². The first kappa shape index (κ1) is 38.1. The van der Waals surface area contributed by atoms with Crippen LogP contribution in [0.2, 0.25) is 0 Å². The number of halogens is 6. The van der Waals surface area contributed by atoms with Crippen LogP contribution in [0.1, 0.15) is 59.5 Å². The van der Waals surface area contributed by atoms with Crippen LogP contribution in [0.15, 0.2) is 0 Å². The largest absolute Gasteiger partial charge is 0.355 e. The lowest BCUT2D eigenvalue weighted by atomic mass is 10.00. The molecule has 43 heavy (non-hydrogen) atoms. The maximum atomic E-state index is 13.5. The second kappa shape index (κ2) is 16.5. The van der Waals surface area contributed by atoms with E-state index in [-0.39, 0.29) is 46.3 Å². The van der Waals surface area contributed by atoms with E-state index in [9.17, 15) is 28.8 Å². The summed E-state index contributed by atoms with van der Waals surface area (Å²) in [4.78, 5) is 78.1. The van der Waals surface area contributed by atoms with Gasteiger partial charge in [-0.3, -0.25) is 28.8 Å². The Morgan fingerprint density at radius 2 is 1.30 bits per heavy atom. The molecule has 2 aromatic carbocycles. The van der Waals surface area contributed by atoms with Crippen LogP contribution in [-0.2, 0) is 9.59 Å². The summed E-state index contributed by atoms with van der Waals surface area (Å²) in [5, 5.41) is 9.64. The molecule has 0 aliphatic carbocycles. The van der Waals surface area contributed by atoms with Gasteiger partial charge in [-0.15, -0.1) is 11.6 Å². The SMILES string of the molecule is CNC(=O)c1c(I)c(C(=O)NCC(=O)Nc2c(C)c(C(=O)NCCCl)c(I)c(C(=O)Cl)c2I)c(C)c(N(C)C(C)=O)c1I. The molecule has 2 rings (SSSR count). The number of nitrogens with zero attached hydrogens (tertiary/aromatic N) is 1. The van der Waals surface area contributed by atoms with Crippen LogP contribution in [0, 0.1) is 28.1 Å². The standard InChI is InChI=1S/C26H25Cl2I4N5O6/c1-9-13(25(42)34-7-6-27)17(29)15(23(28)40)19(31)21(9)36-12(39)8-35-26(43)14-10(2)22(37(5)11(3)38)20(32)16(18(14)30)24(41)33-4/h6-8H2,1-5H3,(H,33,41)(H,34,42)(H,35,43)(H,36,39). The molecule has 0 saturated heterocycles. The molecule has 0 aromatic heterocycles. The first-order chi connectivity index (χ1) is 20.0. The molecule has 4 N–H and O–H groups in total. The van der Waals surface area contributed by atoms with Gasteiger partial charge in [0.1, 0.15) is 0 Å². The van der Waals surface area contributed by atoms with Crippen molar-refractivity contribution in [3.63, 3.8) is 0 Å². The summed E-state index contributed by atoms with van der Waals surface area (Å²) < 4.78 is 1.48. The van der Waals surface area contributed by atoms with Crippen molar-refractivity contribution < 1.29 is 28.8 Å². The number of anilines is 2. The molecule has 2 aromatic rings. The summed E-state index contributed by atoms with van der Waals surface area (Å²) >= 11 is 19.1. The van der Waals surface area contributed by atoms with Crippen LogP contribution in [0.5, 0.6) is 0 Å². The van der Waals surface area contributed by atoms with E-state index >= 15 is 0 Å². The van der Waals surface area contributed by atoms with Gasteiger partial charge in [-0.05, 0) is 127 Å². The summed E-state index contributed by atoms with van der Waals surface area (Å²) in [6.45, 7) is 4.32. The van der Waals surface area contributed by atoms with E-state index < -0.39 is 35.4 Å². The summed E-state index contributed by atoms with van der Waals surface area (Å²) in [5.41, 5.74) is 1.96. The van der Waals surface area contributed by atoms with E-state index in [4.69, 9.17) is 23.2 Å². The number of carbonyl (C=O) groups is 6. The average molecular weight is 1080 g/mol. The first-order valence-corrected chi connectivity index (χ1v) is 17.4. The minimum Gasteiger partial charge on any atom is -0.355 e. The molecule has 0 radical (unpaired) electrons. The summed E-state index contributed by atoms with van der Waals surface area (Å²) in [7, 11) is 2.99. The van der Waals surface area contributed by atoms with Gasteiger partial charge in [-0.1, -0.05) is 0 Å². The zero-order valence-corrected chi connectivity index (χ0v) is 33.4. The highest BCUT2D eigenvalue weighted by molar-refractivity contribution is 14.1. The zero-order valence-electron chi connectivity index (χ0n) is 23.3. The van der Waals surface area contributed by atoms with Gasteiger partial charge in [0.05, 0.1) is 47.3 Å². The molecule has 17 heteroatoms. The van der Waals surface area contributed by atoms with Gasteiger partial charge in [0.15, 0.2) is 0 Å². The highest BCUT2D eigenvalue weighted by Crippen LogP contribution is 2.37. The number of alkyl halides is 1. The van der Waals surface area contributed by atoms with Gasteiger partial charge in [-0.2, -0.15) is 0 Å². The van der Waals surface area contributed by atoms with Gasteiger partial charge in [0, 0.05) is 40.6 Å². The Bertz CT molecular complexity index is 1550. The maximum absolute atomic E-state index is 13.5. The number of amides is 5. The summed E-state index contributed by atoms with van der Waals surface area (Å²) in [5.74, 6) is -2.37. The molecule has 0 unspecified atom stereocenters. The molecule has 232 valence electrons. The Balaban J connectivity index is 2.50. The van der Waals surface area contributed by atoms with Crippen molar-refractivity contribution in [3.8, 4) is 0 Å². The molecule has 0 spiro atoms. The molecule has 5 amide bonds. The van der Waals surface area contributed by atoms with Gasteiger partial charge in [0.2, 0.25) is 11.8 Å². The second-order valence-corrected chi connectivity index (χ2v) is 13.9. The number of hydrogen-bond donors (Lipinski definition) is 4. The third-order valence-electron chi connectivity index (χ3n) is 6.19. The fraction of sp³-hybridized carbons (Fsp3) is 0.308. The Kier molecular flexibility index (Phi) is 14.6. The van der Waals surface area contributed by atoms with Crippen molar-refractivity contribution in [3.05, 3.63) is 47.7 Å². The molecule has 0 heterocycles. The fourth-order valence-electron chi connectivity index (χ4n) is 4.01. The van der Waals surface area contributed by atoms with Gasteiger partial charge in [-0.25, -0.2) is 0 Å². The van der Waals surface area contributed by atoms with Crippen LogP contribution in [0.3, 0.4) is 0 Å². The van der Waals surface area contributed by atoms with Gasteiger partial charge >= 0.3 is 0 Å². The molecule has 0 bridgehead atoms. The fourth-order valence-corrected chi connectivity index (χ4v) is 10.3. The molecule has 0 atom stereocenters. The van der Waals surface area contributed by atoms with E-state index in [0.717, 1.165) is 0 Å². The van der Waals surface area contributed by atoms with Crippen molar-refractivity contribution in [1.29, 1.82) is 0 Å². The molecule has 0 aliphatic heterocycles. The normalized spacial score (nSPS) is 10.6. The van der Waals surface area contributed by atoms with Crippen LogP contribution in [0.4, 0.5) is 11.4 Å². The van der Waals surface area contributed by atoms with Crippen LogP contribution in [0.25, 0.3) is 0 Å². The van der Waals surface area contributed by atoms with Gasteiger partial charge in [0.25, 0.3) is 23.0 Å². The number of hydrogen-bond acceptors (Lipinski definition) is 6. The zero-order chi connectivity index (χ0) is 32.9. The molecule has 0 saturated carbocycles. The van der Waals surface area contributed by atoms with E-state index in [1.54, 1.807) is 13.8 Å². The highest BCUT2D eigenvalue weighted by atomic mass is 127. The van der Waals surface area contributed by atoms with Crippen molar-refractivity contribution in [2.45, 2.75) is 20.8 Å². The molecule has 0 fully saturated rings. The Morgan fingerprint density at radius 1 is 0.767 bits per heavy atom. The Labute approximate surface area is 312 Å². The Hall–Kier alpha value is -1.04. The van der Waals surface area contributed by atoms with Gasteiger partial charge < -0.3 is 26.2 Å². The number of nitrogens with one attached hydrogen (secondary N) is 4. The van der Waals surface area contributed by atoms with Crippen molar-refractivity contribution >= 4 is 160 Å². The van der Waals surface area contributed by atoms with Crippen LogP contribution in [-0.4, -0.2) is 67.8 Å². The van der Waals surface area contributed by atoms with E-state index in [1.807, 2.05) is 90.4 Å². The average Bonchev–Trinajstić information content (AvgIpc) is 2.92. The number of carbonyl (C=O) groups excluding carboxylic acids is 6. The quantitative estimate of drug-likeness (QED) is 0.153. The van der Waals surface area contributed by atoms with E-state index in [0.29, 0.717) is 31.1 Å². The van der Waals surface area contributed by atoms with E-state index in [2.05, 4.69) is 21.3 Å². The molecular weight excluding hydrogens is 1060 g/mol. The smallest absolute Gasteiger partial charge is 0.254 e. The molecule has 11 nitrogen and oxygen atoms in total. The third kappa shape index (κ3) is 8.41. The first-order valence-electron chi connectivity index (χ1n) is 12.1. The second-order valence-electron chi connectivity index (χ2n) is 8.84. The minimum absolute atomic E-state index is 0.0525. The predicted molar refractivity (Wildman–Crippen MR) is 200 cm³/mol. The number of benzene rings is 2. The van der Waals surface area contributed by atoms with Crippen LogP contribution >= 0.6 is 114 Å². The lowest BCUT2D eigenvalue weighted by Crippen LogP contribution is -2.36. The minimum atomic E-state index is -0.814.